The van der Waals surface area contributed by atoms with Gasteiger partial charge in [-0.15, -0.1) is 0 Å². The molecule has 4 aromatic rings. The average molecular weight is 473 g/mol. The summed E-state index contributed by atoms with van der Waals surface area (Å²) in [4.78, 5) is 7.14. The second-order valence-electron chi connectivity index (χ2n) is 8.62. The lowest BCUT2D eigenvalue weighted by atomic mass is 10.0. The first kappa shape index (κ1) is 22.4. The van der Waals surface area contributed by atoms with Gasteiger partial charge < -0.3 is 15.5 Å². The summed E-state index contributed by atoms with van der Waals surface area (Å²) < 4.78 is 1.79. The number of nitrogens with zero attached hydrogens (tertiary/aromatic N) is 4. The normalized spacial score (nSPS) is 14.5. The van der Waals surface area contributed by atoms with Gasteiger partial charge in [0.05, 0.1) is 17.6 Å². The van der Waals surface area contributed by atoms with Crippen LogP contribution in [0.15, 0.2) is 73.7 Å². The third-order valence-electron chi connectivity index (χ3n) is 6.36. The number of benzene rings is 2. The molecule has 1 saturated heterocycles. The number of rotatable bonds is 7. The zero-order valence-corrected chi connectivity index (χ0v) is 20.1. The van der Waals surface area contributed by atoms with Crippen molar-refractivity contribution < 1.29 is 0 Å². The fraction of sp³-hybridized carbons (Fsp3) is 0.259. The predicted molar refractivity (Wildman–Crippen MR) is 141 cm³/mol. The summed E-state index contributed by atoms with van der Waals surface area (Å²) in [5, 5.41) is 12.3. The summed E-state index contributed by atoms with van der Waals surface area (Å²) in [7, 11) is 0. The average Bonchev–Trinajstić information content (AvgIpc) is 3.28. The predicted octanol–water partition coefficient (Wildman–Crippen LogP) is 5.71. The number of nitrogens with one attached hydrogen (secondary N) is 2. The summed E-state index contributed by atoms with van der Waals surface area (Å²) in [6.07, 6.45) is 7.91. The van der Waals surface area contributed by atoms with Crippen LogP contribution in [-0.2, 0) is 0 Å². The van der Waals surface area contributed by atoms with E-state index in [-0.39, 0.29) is 0 Å². The van der Waals surface area contributed by atoms with Gasteiger partial charge in [0.1, 0.15) is 0 Å². The molecule has 3 heterocycles. The van der Waals surface area contributed by atoms with Gasteiger partial charge in [0, 0.05) is 53.4 Å². The van der Waals surface area contributed by atoms with Crippen LogP contribution in [0.1, 0.15) is 25.3 Å². The minimum absolute atomic E-state index is 0.611. The van der Waals surface area contributed by atoms with Crippen molar-refractivity contribution in [1.82, 2.24) is 19.9 Å². The first-order chi connectivity index (χ1) is 16.6. The topological polar surface area (TPSA) is 57.5 Å². The van der Waals surface area contributed by atoms with Crippen molar-refractivity contribution in [2.75, 3.05) is 29.9 Å². The molecule has 2 aromatic carbocycles. The second kappa shape index (κ2) is 9.87. The van der Waals surface area contributed by atoms with Crippen LogP contribution in [0.4, 0.5) is 11.4 Å². The molecular weight excluding hydrogens is 444 g/mol. The lowest BCUT2D eigenvalue weighted by Crippen LogP contribution is -2.42. The molecular formula is C27H29ClN6. The highest BCUT2D eigenvalue weighted by atomic mass is 35.5. The standard InChI is InChI=1S/C27H29ClN6/c1-3-29-23-11-13-33(14-12-23)26-10-5-4-9-25(26)32-19(2)21-16-30-27-24(17-31-34(27)18-21)20-7-6-8-22(28)15-20/h4-10,15-18,23,29,32H,2-3,11-14H2,1H3. The van der Waals surface area contributed by atoms with E-state index in [0.717, 1.165) is 66.2 Å². The van der Waals surface area contributed by atoms with E-state index >= 15 is 0 Å². The van der Waals surface area contributed by atoms with Gasteiger partial charge in [-0.25, -0.2) is 9.50 Å². The molecule has 5 rings (SSSR count). The van der Waals surface area contributed by atoms with Crippen LogP contribution in [0.5, 0.6) is 0 Å². The molecule has 0 aliphatic carbocycles. The van der Waals surface area contributed by atoms with Crippen molar-refractivity contribution in [1.29, 1.82) is 0 Å². The van der Waals surface area contributed by atoms with Crippen molar-refractivity contribution in [3.05, 3.63) is 84.3 Å². The monoisotopic (exact) mass is 472 g/mol. The molecule has 0 atom stereocenters. The fourth-order valence-electron chi connectivity index (χ4n) is 4.59. The van der Waals surface area contributed by atoms with Crippen LogP contribution in [0.25, 0.3) is 22.5 Å². The molecule has 0 saturated carbocycles. The second-order valence-corrected chi connectivity index (χ2v) is 9.06. The van der Waals surface area contributed by atoms with Crippen LogP contribution < -0.4 is 15.5 Å². The number of fused-ring (bicyclic) bond motifs is 1. The molecule has 2 aromatic heterocycles. The van der Waals surface area contributed by atoms with Gasteiger partial charge in [0.15, 0.2) is 5.65 Å². The van der Waals surface area contributed by atoms with E-state index in [0.29, 0.717) is 11.1 Å². The van der Waals surface area contributed by atoms with Crippen molar-refractivity contribution >= 4 is 34.3 Å². The van der Waals surface area contributed by atoms with Crippen LogP contribution in [0.2, 0.25) is 5.02 Å². The highest BCUT2D eigenvalue weighted by molar-refractivity contribution is 6.30. The van der Waals surface area contributed by atoms with E-state index in [1.807, 2.05) is 42.9 Å². The highest BCUT2D eigenvalue weighted by Gasteiger charge is 2.20. The van der Waals surface area contributed by atoms with Crippen molar-refractivity contribution in [2.24, 2.45) is 0 Å². The molecule has 7 heteroatoms. The Balaban J connectivity index is 1.35. The first-order valence-electron chi connectivity index (χ1n) is 11.8. The summed E-state index contributed by atoms with van der Waals surface area (Å²) in [6, 6.07) is 16.8. The Labute approximate surface area is 205 Å². The van der Waals surface area contributed by atoms with E-state index in [2.05, 4.69) is 63.4 Å². The minimum Gasteiger partial charge on any atom is -0.370 e. The zero-order chi connectivity index (χ0) is 23.5. The van der Waals surface area contributed by atoms with Gasteiger partial charge in [0.25, 0.3) is 0 Å². The quantitative estimate of drug-likeness (QED) is 0.360. The minimum atomic E-state index is 0.611. The van der Waals surface area contributed by atoms with Gasteiger partial charge >= 0.3 is 0 Å². The summed E-state index contributed by atoms with van der Waals surface area (Å²) in [5.41, 5.74) is 6.64. The van der Waals surface area contributed by atoms with Crippen LogP contribution >= 0.6 is 11.6 Å². The number of hydrogen-bond donors (Lipinski definition) is 2. The molecule has 0 spiro atoms. The van der Waals surface area contributed by atoms with Crippen molar-refractivity contribution in [2.45, 2.75) is 25.8 Å². The fourth-order valence-corrected chi connectivity index (χ4v) is 4.78. The molecule has 0 radical (unpaired) electrons. The lowest BCUT2D eigenvalue weighted by molar-refractivity contribution is 0.424. The molecule has 1 aliphatic heterocycles. The first-order valence-corrected chi connectivity index (χ1v) is 12.1. The number of halogens is 1. The van der Waals surface area contributed by atoms with E-state index in [1.165, 1.54) is 5.69 Å². The van der Waals surface area contributed by atoms with Gasteiger partial charge in [0.2, 0.25) is 0 Å². The Bertz CT molecular complexity index is 1310. The van der Waals surface area contributed by atoms with Gasteiger partial charge in [-0.05, 0) is 49.2 Å². The SMILES string of the molecule is C=C(Nc1ccccc1N1CCC(NCC)CC1)c1cnc2c(-c3cccc(Cl)c3)cnn2c1. The largest absolute Gasteiger partial charge is 0.370 e. The van der Waals surface area contributed by atoms with Gasteiger partial charge in [-0.1, -0.05) is 49.4 Å². The van der Waals surface area contributed by atoms with Crippen LogP contribution in [0.3, 0.4) is 0 Å². The van der Waals surface area contributed by atoms with Crippen molar-refractivity contribution in [3.63, 3.8) is 0 Å². The smallest absolute Gasteiger partial charge is 0.162 e. The molecule has 1 aliphatic rings. The Morgan fingerprint density at radius 3 is 2.74 bits per heavy atom. The summed E-state index contributed by atoms with van der Waals surface area (Å²) in [6.45, 7) is 9.56. The highest BCUT2D eigenvalue weighted by Crippen LogP contribution is 2.31. The Morgan fingerprint density at radius 2 is 1.94 bits per heavy atom. The summed E-state index contributed by atoms with van der Waals surface area (Å²) >= 11 is 6.17. The molecule has 0 bridgehead atoms. The lowest BCUT2D eigenvalue weighted by Gasteiger charge is -2.35. The molecule has 6 nitrogen and oxygen atoms in total. The van der Waals surface area contributed by atoms with Crippen molar-refractivity contribution in [3.8, 4) is 11.1 Å². The molecule has 2 N–H and O–H groups in total. The molecule has 34 heavy (non-hydrogen) atoms. The third kappa shape index (κ3) is 4.65. The number of piperidine rings is 1. The number of aromatic nitrogens is 3. The number of hydrogen-bond acceptors (Lipinski definition) is 5. The zero-order valence-electron chi connectivity index (χ0n) is 19.3. The van der Waals surface area contributed by atoms with E-state index in [9.17, 15) is 0 Å². The van der Waals surface area contributed by atoms with Gasteiger partial charge in [-0.2, -0.15) is 5.10 Å². The molecule has 1 fully saturated rings. The number of anilines is 2. The Morgan fingerprint density at radius 1 is 1.12 bits per heavy atom. The Hall–Kier alpha value is -3.35. The maximum absolute atomic E-state index is 6.17. The maximum Gasteiger partial charge on any atom is 0.162 e. The van der Waals surface area contributed by atoms with Gasteiger partial charge in [-0.3, -0.25) is 0 Å². The van der Waals surface area contributed by atoms with Crippen LogP contribution in [0, 0.1) is 0 Å². The molecule has 174 valence electrons. The molecule has 0 amide bonds. The van der Waals surface area contributed by atoms with E-state index in [4.69, 9.17) is 11.6 Å². The number of para-hydroxylation sites is 2. The molecule has 0 unspecified atom stereocenters. The van der Waals surface area contributed by atoms with E-state index < -0.39 is 0 Å². The third-order valence-corrected chi connectivity index (χ3v) is 6.59. The van der Waals surface area contributed by atoms with Crippen LogP contribution in [-0.4, -0.2) is 40.3 Å². The Kier molecular flexibility index (Phi) is 6.52. The van der Waals surface area contributed by atoms with E-state index in [1.54, 1.807) is 4.52 Å². The maximum atomic E-state index is 6.17. The summed E-state index contributed by atoms with van der Waals surface area (Å²) in [5.74, 6) is 0.